The van der Waals surface area contributed by atoms with Gasteiger partial charge in [0.15, 0.2) is 0 Å². The molecule has 0 saturated heterocycles. The second-order valence-electron chi connectivity index (χ2n) is 5.63. The third-order valence-corrected chi connectivity index (χ3v) is 3.75. The number of carbonyl (C=O) groups is 1. The number of hydrogen-bond acceptors (Lipinski definition) is 2. The van der Waals surface area contributed by atoms with Crippen molar-refractivity contribution in [2.24, 2.45) is 0 Å². The number of nitrogens with one attached hydrogen (secondary N) is 1. The molecule has 2 rings (SSSR count). The molecule has 4 heteroatoms. The van der Waals surface area contributed by atoms with Gasteiger partial charge in [-0.1, -0.05) is 25.1 Å². The SMILES string of the molecule is CCC(=O)N(Cc1cc2cccc(C)c2[nH]c1=O)C(C)C. The maximum absolute atomic E-state index is 12.3. The van der Waals surface area contributed by atoms with E-state index < -0.39 is 0 Å². The molecule has 1 aromatic heterocycles. The van der Waals surface area contributed by atoms with Crippen molar-refractivity contribution in [3.8, 4) is 0 Å². The molecule has 1 heterocycles. The zero-order chi connectivity index (χ0) is 15.6. The van der Waals surface area contributed by atoms with Crippen LogP contribution in [-0.2, 0) is 11.3 Å². The Bertz CT molecular complexity index is 716. The van der Waals surface area contributed by atoms with Crippen LogP contribution in [0.1, 0.15) is 38.3 Å². The van der Waals surface area contributed by atoms with Crippen LogP contribution >= 0.6 is 0 Å². The van der Waals surface area contributed by atoms with Crippen molar-refractivity contribution < 1.29 is 4.79 Å². The number of hydrogen-bond donors (Lipinski definition) is 1. The van der Waals surface area contributed by atoms with Gasteiger partial charge in [-0.25, -0.2) is 0 Å². The van der Waals surface area contributed by atoms with Gasteiger partial charge in [0.05, 0.1) is 12.1 Å². The average Bonchev–Trinajstić information content (AvgIpc) is 2.45. The molecular weight excluding hydrogens is 264 g/mol. The predicted octanol–water partition coefficient (Wildman–Crippen LogP) is 2.98. The number of aromatic amines is 1. The lowest BCUT2D eigenvalue weighted by atomic mass is 10.1. The second kappa shape index (κ2) is 6.12. The standard InChI is InChI=1S/C17H22N2O2/c1-5-15(20)19(11(2)3)10-14-9-13-8-6-7-12(4)16(13)18-17(14)21/h6-9,11H,5,10H2,1-4H3,(H,18,21). The molecule has 1 amide bonds. The Balaban J connectivity index is 2.44. The topological polar surface area (TPSA) is 53.2 Å². The highest BCUT2D eigenvalue weighted by Crippen LogP contribution is 2.16. The van der Waals surface area contributed by atoms with E-state index in [1.807, 2.05) is 52.0 Å². The van der Waals surface area contributed by atoms with Crippen LogP contribution in [0.5, 0.6) is 0 Å². The van der Waals surface area contributed by atoms with E-state index >= 15 is 0 Å². The minimum atomic E-state index is -0.119. The summed E-state index contributed by atoms with van der Waals surface area (Å²) in [5.41, 5.74) is 2.42. The third-order valence-electron chi connectivity index (χ3n) is 3.75. The summed E-state index contributed by atoms with van der Waals surface area (Å²) in [6, 6.07) is 7.88. The first-order valence-corrected chi connectivity index (χ1v) is 7.35. The Kier molecular flexibility index (Phi) is 4.46. The number of amides is 1. The molecule has 0 fully saturated rings. The van der Waals surface area contributed by atoms with Gasteiger partial charge in [-0.05, 0) is 37.8 Å². The van der Waals surface area contributed by atoms with Gasteiger partial charge in [-0.2, -0.15) is 0 Å². The maximum Gasteiger partial charge on any atom is 0.253 e. The first kappa shape index (κ1) is 15.3. The second-order valence-corrected chi connectivity index (χ2v) is 5.63. The van der Waals surface area contributed by atoms with E-state index in [4.69, 9.17) is 0 Å². The molecule has 0 unspecified atom stereocenters. The van der Waals surface area contributed by atoms with Crippen molar-refractivity contribution in [1.29, 1.82) is 0 Å². The summed E-state index contributed by atoms with van der Waals surface area (Å²) in [4.78, 5) is 28.9. The third kappa shape index (κ3) is 3.15. The number of nitrogens with zero attached hydrogens (tertiary/aromatic N) is 1. The van der Waals surface area contributed by atoms with Gasteiger partial charge in [-0.3, -0.25) is 9.59 Å². The highest BCUT2D eigenvalue weighted by atomic mass is 16.2. The van der Waals surface area contributed by atoms with Crippen molar-refractivity contribution in [1.82, 2.24) is 9.88 Å². The van der Waals surface area contributed by atoms with E-state index in [0.29, 0.717) is 18.5 Å². The molecule has 21 heavy (non-hydrogen) atoms. The zero-order valence-electron chi connectivity index (χ0n) is 13.1. The number of para-hydroxylation sites is 1. The minimum Gasteiger partial charge on any atom is -0.336 e. The Labute approximate surface area is 124 Å². The van der Waals surface area contributed by atoms with Crippen molar-refractivity contribution in [2.75, 3.05) is 0 Å². The van der Waals surface area contributed by atoms with Gasteiger partial charge >= 0.3 is 0 Å². The van der Waals surface area contributed by atoms with Gasteiger partial charge in [0.2, 0.25) is 5.91 Å². The van der Waals surface area contributed by atoms with E-state index in [1.54, 1.807) is 4.90 Å². The van der Waals surface area contributed by atoms with Crippen LogP contribution in [-0.4, -0.2) is 21.8 Å². The smallest absolute Gasteiger partial charge is 0.253 e. The van der Waals surface area contributed by atoms with E-state index in [9.17, 15) is 9.59 Å². The van der Waals surface area contributed by atoms with Crippen molar-refractivity contribution >= 4 is 16.8 Å². The molecule has 0 spiro atoms. The van der Waals surface area contributed by atoms with Gasteiger partial charge < -0.3 is 9.88 Å². The lowest BCUT2D eigenvalue weighted by molar-refractivity contribution is -0.133. The van der Waals surface area contributed by atoms with E-state index in [2.05, 4.69) is 4.98 Å². The fourth-order valence-electron chi connectivity index (χ4n) is 2.49. The Morgan fingerprint density at radius 3 is 2.67 bits per heavy atom. The number of H-pyrrole nitrogens is 1. The molecule has 2 aromatic rings. The zero-order valence-corrected chi connectivity index (χ0v) is 13.1. The summed E-state index contributed by atoms with van der Waals surface area (Å²) in [6.45, 7) is 8.09. The molecule has 0 aliphatic heterocycles. The number of fused-ring (bicyclic) bond motifs is 1. The molecule has 0 saturated carbocycles. The summed E-state index contributed by atoms with van der Waals surface area (Å²) >= 11 is 0. The summed E-state index contributed by atoms with van der Waals surface area (Å²) in [7, 11) is 0. The number of benzene rings is 1. The Morgan fingerprint density at radius 1 is 1.33 bits per heavy atom. The van der Waals surface area contributed by atoms with E-state index in [-0.39, 0.29) is 17.5 Å². The van der Waals surface area contributed by atoms with Gasteiger partial charge in [0.25, 0.3) is 5.56 Å². The van der Waals surface area contributed by atoms with Gasteiger partial charge in [-0.15, -0.1) is 0 Å². The molecule has 0 aliphatic carbocycles. The van der Waals surface area contributed by atoms with Gasteiger partial charge in [0.1, 0.15) is 0 Å². The van der Waals surface area contributed by atoms with Crippen LogP contribution in [0.15, 0.2) is 29.1 Å². The van der Waals surface area contributed by atoms with Crippen LogP contribution in [0.25, 0.3) is 10.9 Å². The number of pyridine rings is 1. The monoisotopic (exact) mass is 286 g/mol. The predicted molar refractivity (Wildman–Crippen MR) is 85.3 cm³/mol. The lowest BCUT2D eigenvalue weighted by Gasteiger charge is -2.26. The number of aryl methyl sites for hydroxylation is 1. The van der Waals surface area contributed by atoms with Crippen LogP contribution < -0.4 is 5.56 Å². The lowest BCUT2D eigenvalue weighted by Crippen LogP contribution is -2.37. The molecule has 1 aromatic carbocycles. The first-order valence-electron chi connectivity index (χ1n) is 7.35. The largest absolute Gasteiger partial charge is 0.336 e. The van der Waals surface area contributed by atoms with Gasteiger partial charge in [0, 0.05) is 18.0 Å². The highest BCUT2D eigenvalue weighted by molar-refractivity contribution is 5.82. The fraction of sp³-hybridized carbons (Fsp3) is 0.412. The molecular formula is C17H22N2O2. The van der Waals surface area contributed by atoms with E-state index in [0.717, 1.165) is 16.5 Å². The molecule has 1 N–H and O–H groups in total. The Hall–Kier alpha value is -2.10. The first-order chi connectivity index (χ1) is 9.93. The van der Waals surface area contributed by atoms with Crippen molar-refractivity contribution in [3.05, 3.63) is 45.7 Å². The molecule has 112 valence electrons. The summed E-state index contributed by atoms with van der Waals surface area (Å²) in [5.74, 6) is 0.0636. The van der Waals surface area contributed by atoms with Crippen molar-refractivity contribution in [3.63, 3.8) is 0 Å². The molecule has 4 nitrogen and oxygen atoms in total. The molecule has 0 radical (unpaired) electrons. The summed E-state index contributed by atoms with van der Waals surface area (Å²) < 4.78 is 0. The van der Waals surface area contributed by atoms with Crippen LogP contribution in [0.3, 0.4) is 0 Å². The molecule has 0 bridgehead atoms. The number of aromatic nitrogens is 1. The quantitative estimate of drug-likeness (QED) is 0.939. The average molecular weight is 286 g/mol. The maximum atomic E-state index is 12.3. The Morgan fingerprint density at radius 2 is 2.05 bits per heavy atom. The molecule has 0 aliphatic rings. The molecule has 0 atom stereocenters. The fourth-order valence-corrected chi connectivity index (χ4v) is 2.49. The normalized spacial score (nSPS) is 11.1. The van der Waals surface area contributed by atoms with Crippen LogP contribution in [0.2, 0.25) is 0 Å². The summed E-state index contributed by atoms with van der Waals surface area (Å²) in [6.07, 6.45) is 0.447. The number of carbonyl (C=O) groups excluding carboxylic acids is 1. The van der Waals surface area contributed by atoms with Crippen molar-refractivity contribution in [2.45, 2.75) is 46.7 Å². The minimum absolute atomic E-state index is 0.0636. The van der Waals surface area contributed by atoms with Crippen LogP contribution in [0.4, 0.5) is 0 Å². The number of rotatable bonds is 4. The summed E-state index contributed by atoms with van der Waals surface area (Å²) in [5, 5.41) is 0.997. The highest BCUT2D eigenvalue weighted by Gasteiger charge is 2.17. The van der Waals surface area contributed by atoms with E-state index in [1.165, 1.54) is 0 Å². The van der Waals surface area contributed by atoms with Crippen LogP contribution in [0, 0.1) is 6.92 Å².